The molecule has 0 bridgehead atoms. The molecular weight excluding hydrogens is 371 g/mol. The summed E-state index contributed by atoms with van der Waals surface area (Å²) in [5.74, 6) is 0.101. The predicted octanol–water partition coefficient (Wildman–Crippen LogP) is 4.27. The van der Waals surface area contributed by atoms with Gasteiger partial charge in [-0.1, -0.05) is 5.16 Å². The minimum absolute atomic E-state index is 0.0894. The third kappa shape index (κ3) is 5.06. The molecule has 0 saturated carbocycles. The first kappa shape index (κ1) is 17.9. The van der Waals surface area contributed by atoms with Crippen molar-refractivity contribution in [3.8, 4) is 17.1 Å². The summed E-state index contributed by atoms with van der Waals surface area (Å²) < 4.78 is 45.1. The fourth-order valence-electron chi connectivity index (χ4n) is 2.05. The fourth-order valence-corrected chi connectivity index (χ4v) is 2.68. The number of halogens is 3. The number of aromatic nitrogens is 2. The minimum Gasteiger partial charge on any atom is -0.406 e. The van der Waals surface area contributed by atoms with Gasteiger partial charge in [0.25, 0.3) is 0 Å². The Morgan fingerprint density at radius 2 is 2.00 bits per heavy atom. The number of benzene rings is 1. The molecule has 3 rings (SSSR count). The zero-order chi connectivity index (χ0) is 18.6. The van der Waals surface area contributed by atoms with Crippen LogP contribution in [0.15, 0.2) is 45.6 Å². The number of alkyl halides is 3. The third-order valence-electron chi connectivity index (χ3n) is 3.19. The van der Waals surface area contributed by atoms with Crippen molar-refractivity contribution in [3.63, 3.8) is 0 Å². The van der Waals surface area contributed by atoms with Crippen LogP contribution < -0.4 is 10.1 Å². The van der Waals surface area contributed by atoms with E-state index in [0.717, 1.165) is 17.7 Å². The molecule has 0 fully saturated rings. The monoisotopic (exact) mass is 383 g/mol. The van der Waals surface area contributed by atoms with E-state index in [4.69, 9.17) is 4.52 Å². The molecule has 1 amide bonds. The first-order valence-electron chi connectivity index (χ1n) is 7.40. The first-order valence-corrected chi connectivity index (χ1v) is 8.34. The number of anilines is 1. The second-order valence-corrected chi connectivity index (χ2v) is 5.92. The van der Waals surface area contributed by atoms with Crippen molar-refractivity contribution in [1.82, 2.24) is 10.1 Å². The van der Waals surface area contributed by atoms with Gasteiger partial charge in [0.15, 0.2) is 0 Å². The Hall–Kier alpha value is -2.88. The highest BCUT2D eigenvalue weighted by molar-refractivity contribution is 7.08. The van der Waals surface area contributed by atoms with Crippen LogP contribution in [0.1, 0.15) is 12.3 Å². The Morgan fingerprint density at radius 3 is 2.65 bits per heavy atom. The van der Waals surface area contributed by atoms with Crippen LogP contribution in [0.4, 0.5) is 18.9 Å². The van der Waals surface area contributed by atoms with Crippen molar-refractivity contribution in [2.45, 2.75) is 19.2 Å². The van der Waals surface area contributed by atoms with Gasteiger partial charge in [-0.3, -0.25) is 4.79 Å². The van der Waals surface area contributed by atoms with Crippen LogP contribution in [-0.2, 0) is 11.2 Å². The van der Waals surface area contributed by atoms with Gasteiger partial charge in [0.1, 0.15) is 5.75 Å². The molecule has 0 radical (unpaired) electrons. The summed E-state index contributed by atoms with van der Waals surface area (Å²) in [6.45, 7) is 0. The lowest BCUT2D eigenvalue weighted by atomic mass is 10.2. The number of ether oxygens (including phenoxy) is 1. The molecule has 1 aromatic carbocycles. The summed E-state index contributed by atoms with van der Waals surface area (Å²) in [7, 11) is 0. The van der Waals surface area contributed by atoms with Crippen LogP contribution in [0.5, 0.6) is 5.75 Å². The lowest BCUT2D eigenvalue weighted by Gasteiger charge is -2.09. The SMILES string of the molecule is O=C(CCc1nc(-c2ccsc2)no1)Nc1ccc(OC(F)(F)F)cc1. The Kier molecular flexibility index (Phi) is 5.21. The highest BCUT2D eigenvalue weighted by atomic mass is 32.1. The Balaban J connectivity index is 1.50. The molecule has 1 N–H and O–H groups in total. The summed E-state index contributed by atoms with van der Waals surface area (Å²) in [4.78, 5) is 16.1. The summed E-state index contributed by atoms with van der Waals surface area (Å²) in [6.07, 6.45) is -4.42. The number of carbonyl (C=O) groups is 1. The van der Waals surface area contributed by atoms with E-state index in [0.29, 0.717) is 17.4 Å². The van der Waals surface area contributed by atoms with Crippen LogP contribution >= 0.6 is 11.3 Å². The standard InChI is InChI=1S/C16H12F3N3O3S/c17-16(18,19)24-12-3-1-11(2-4-12)20-13(23)5-6-14-21-15(22-25-14)10-7-8-26-9-10/h1-4,7-9H,5-6H2,(H,20,23). The van der Waals surface area contributed by atoms with Crippen molar-refractivity contribution < 1.29 is 27.2 Å². The molecule has 2 heterocycles. The van der Waals surface area contributed by atoms with Gasteiger partial charge in [-0.2, -0.15) is 16.3 Å². The van der Waals surface area contributed by atoms with Gasteiger partial charge in [0.05, 0.1) is 0 Å². The van der Waals surface area contributed by atoms with Gasteiger partial charge in [-0.05, 0) is 35.7 Å². The van der Waals surface area contributed by atoms with Gasteiger partial charge in [-0.15, -0.1) is 13.2 Å². The smallest absolute Gasteiger partial charge is 0.406 e. The molecule has 0 atom stereocenters. The predicted molar refractivity (Wildman–Crippen MR) is 87.7 cm³/mol. The van der Waals surface area contributed by atoms with E-state index in [-0.39, 0.29) is 24.5 Å². The van der Waals surface area contributed by atoms with Gasteiger partial charge in [0.2, 0.25) is 17.6 Å². The average molecular weight is 383 g/mol. The number of aryl methyl sites for hydroxylation is 1. The topological polar surface area (TPSA) is 77.2 Å². The number of nitrogens with zero attached hydrogens (tertiary/aromatic N) is 2. The number of nitrogens with one attached hydrogen (secondary N) is 1. The summed E-state index contributed by atoms with van der Waals surface area (Å²) in [5, 5.41) is 10.2. The zero-order valence-corrected chi connectivity index (χ0v) is 13.9. The number of hydrogen-bond donors (Lipinski definition) is 1. The van der Waals surface area contributed by atoms with E-state index in [1.165, 1.54) is 23.5 Å². The van der Waals surface area contributed by atoms with Crippen LogP contribution in [0.3, 0.4) is 0 Å². The second-order valence-electron chi connectivity index (χ2n) is 5.14. The average Bonchev–Trinajstić information content (AvgIpc) is 3.24. The van der Waals surface area contributed by atoms with Crippen molar-refractivity contribution in [1.29, 1.82) is 0 Å². The summed E-state index contributed by atoms with van der Waals surface area (Å²) in [6, 6.07) is 6.74. The Labute approximate surface area is 149 Å². The molecule has 0 aliphatic heterocycles. The summed E-state index contributed by atoms with van der Waals surface area (Å²) in [5.41, 5.74) is 1.20. The van der Waals surface area contributed by atoms with E-state index >= 15 is 0 Å². The third-order valence-corrected chi connectivity index (χ3v) is 3.87. The molecule has 0 aliphatic rings. The maximum Gasteiger partial charge on any atom is 0.573 e. The molecule has 0 spiro atoms. The normalized spacial score (nSPS) is 11.3. The van der Waals surface area contributed by atoms with Gasteiger partial charge < -0.3 is 14.6 Å². The van der Waals surface area contributed by atoms with Crippen molar-refractivity contribution in [3.05, 3.63) is 47.0 Å². The number of hydrogen-bond acceptors (Lipinski definition) is 6. The Morgan fingerprint density at radius 1 is 1.23 bits per heavy atom. The maximum absolute atomic E-state index is 12.1. The molecule has 0 unspecified atom stereocenters. The highest BCUT2D eigenvalue weighted by Gasteiger charge is 2.30. The second kappa shape index (κ2) is 7.56. The molecule has 2 aromatic heterocycles. The van der Waals surface area contributed by atoms with Gasteiger partial charge in [-0.25, -0.2) is 0 Å². The molecule has 0 aliphatic carbocycles. The van der Waals surface area contributed by atoms with Crippen LogP contribution in [-0.4, -0.2) is 22.4 Å². The van der Waals surface area contributed by atoms with Crippen LogP contribution in [0.2, 0.25) is 0 Å². The quantitative estimate of drug-likeness (QED) is 0.688. The molecule has 6 nitrogen and oxygen atoms in total. The fraction of sp³-hybridized carbons (Fsp3) is 0.188. The van der Waals surface area contributed by atoms with Gasteiger partial charge in [0, 0.05) is 29.5 Å². The number of carbonyl (C=O) groups excluding carboxylic acids is 1. The van der Waals surface area contributed by atoms with E-state index in [2.05, 4.69) is 20.2 Å². The molecule has 26 heavy (non-hydrogen) atoms. The van der Waals surface area contributed by atoms with E-state index in [9.17, 15) is 18.0 Å². The zero-order valence-electron chi connectivity index (χ0n) is 13.1. The summed E-state index contributed by atoms with van der Waals surface area (Å²) >= 11 is 1.51. The molecule has 10 heteroatoms. The van der Waals surface area contributed by atoms with Crippen LogP contribution in [0.25, 0.3) is 11.4 Å². The van der Waals surface area contributed by atoms with E-state index < -0.39 is 6.36 Å². The largest absolute Gasteiger partial charge is 0.573 e. The van der Waals surface area contributed by atoms with E-state index in [1.54, 1.807) is 0 Å². The van der Waals surface area contributed by atoms with Gasteiger partial charge >= 0.3 is 6.36 Å². The van der Waals surface area contributed by atoms with Crippen LogP contribution in [0, 0.1) is 0 Å². The van der Waals surface area contributed by atoms with Crippen molar-refractivity contribution >= 4 is 22.9 Å². The molecule has 0 saturated heterocycles. The lowest BCUT2D eigenvalue weighted by molar-refractivity contribution is -0.274. The number of thiophene rings is 1. The first-order chi connectivity index (χ1) is 12.4. The molecule has 3 aromatic rings. The lowest BCUT2D eigenvalue weighted by Crippen LogP contribution is -2.17. The van der Waals surface area contributed by atoms with Crippen molar-refractivity contribution in [2.75, 3.05) is 5.32 Å². The highest BCUT2D eigenvalue weighted by Crippen LogP contribution is 2.24. The Bertz CT molecular complexity index is 861. The van der Waals surface area contributed by atoms with Crippen molar-refractivity contribution in [2.24, 2.45) is 0 Å². The number of rotatable bonds is 6. The minimum atomic E-state index is -4.75. The molecule has 136 valence electrons. The number of amides is 1. The molecular formula is C16H12F3N3O3S. The van der Waals surface area contributed by atoms with E-state index in [1.807, 2.05) is 16.8 Å². The maximum atomic E-state index is 12.1.